The van der Waals surface area contributed by atoms with E-state index in [9.17, 15) is 4.79 Å². The number of likely N-dealkylation sites (tertiary alicyclic amines) is 1. The van der Waals surface area contributed by atoms with Gasteiger partial charge in [0.15, 0.2) is 17.3 Å². The predicted octanol–water partition coefficient (Wildman–Crippen LogP) is 4.43. The van der Waals surface area contributed by atoms with Gasteiger partial charge in [-0.15, -0.1) is 0 Å². The normalized spacial score (nSPS) is 14.9. The zero-order valence-corrected chi connectivity index (χ0v) is 18.6. The fraction of sp³-hybridized carbons (Fsp3) is 0.480. The maximum atomic E-state index is 12.5. The van der Waals surface area contributed by atoms with Crippen molar-refractivity contribution in [3.63, 3.8) is 0 Å². The number of ether oxygens (including phenoxy) is 3. The van der Waals surface area contributed by atoms with Gasteiger partial charge in [-0.2, -0.15) is 0 Å². The first-order valence-corrected chi connectivity index (χ1v) is 11.1. The van der Waals surface area contributed by atoms with Crippen LogP contribution in [0.2, 0.25) is 0 Å². The van der Waals surface area contributed by atoms with Gasteiger partial charge in [-0.05, 0) is 75.5 Å². The van der Waals surface area contributed by atoms with E-state index in [-0.39, 0.29) is 5.78 Å². The lowest BCUT2D eigenvalue weighted by atomic mass is 9.90. The number of carbonyl (C=O) groups excluding carboxylic acids is 1. The number of nitrogen functional groups attached to an aromatic ring is 1. The highest BCUT2D eigenvalue weighted by molar-refractivity contribution is 5.97. The average molecular weight is 427 g/mol. The number of rotatable bonds is 11. The van der Waals surface area contributed by atoms with Crippen molar-refractivity contribution < 1.29 is 19.0 Å². The zero-order chi connectivity index (χ0) is 22.1. The molecular weight excluding hydrogens is 392 g/mol. The average Bonchev–Trinajstić information content (AvgIpc) is 2.79. The van der Waals surface area contributed by atoms with E-state index in [1.165, 1.54) is 0 Å². The van der Waals surface area contributed by atoms with Crippen molar-refractivity contribution in [3.8, 4) is 17.2 Å². The predicted molar refractivity (Wildman–Crippen MR) is 123 cm³/mol. The number of ketones is 1. The minimum absolute atomic E-state index is 0.151. The molecule has 0 spiro atoms. The van der Waals surface area contributed by atoms with Crippen molar-refractivity contribution >= 4 is 11.5 Å². The number of nitrogens with zero attached hydrogens (tertiary/aromatic N) is 1. The molecule has 0 aliphatic carbocycles. The number of carbonyl (C=O) groups is 1. The third-order valence-corrected chi connectivity index (χ3v) is 5.85. The number of hydrogen-bond donors (Lipinski definition) is 1. The summed E-state index contributed by atoms with van der Waals surface area (Å²) in [6, 6.07) is 13.1. The highest BCUT2D eigenvalue weighted by atomic mass is 16.5. The Hall–Kier alpha value is -2.73. The van der Waals surface area contributed by atoms with Crippen molar-refractivity contribution in [1.29, 1.82) is 0 Å². The van der Waals surface area contributed by atoms with E-state index < -0.39 is 0 Å². The lowest BCUT2D eigenvalue weighted by Gasteiger charge is -2.31. The molecule has 3 rings (SSSR count). The van der Waals surface area contributed by atoms with Crippen molar-refractivity contribution in [3.05, 3.63) is 48.0 Å². The number of methoxy groups -OCH3 is 1. The Labute approximate surface area is 185 Å². The first kappa shape index (κ1) is 22.9. The van der Waals surface area contributed by atoms with Crippen LogP contribution >= 0.6 is 0 Å². The van der Waals surface area contributed by atoms with Gasteiger partial charge in [-0.25, -0.2) is 0 Å². The van der Waals surface area contributed by atoms with Crippen molar-refractivity contribution in [1.82, 2.24) is 4.90 Å². The molecule has 168 valence electrons. The lowest BCUT2D eigenvalue weighted by molar-refractivity contribution is 0.0959. The van der Waals surface area contributed by atoms with Crippen LogP contribution in [0.5, 0.6) is 17.2 Å². The van der Waals surface area contributed by atoms with Crippen LogP contribution in [-0.4, -0.2) is 50.6 Å². The van der Waals surface area contributed by atoms with Crippen molar-refractivity contribution in [2.24, 2.45) is 5.92 Å². The van der Waals surface area contributed by atoms with Crippen LogP contribution < -0.4 is 19.9 Å². The fourth-order valence-electron chi connectivity index (χ4n) is 4.01. The van der Waals surface area contributed by atoms with Gasteiger partial charge in [0.2, 0.25) is 0 Å². The van der Waals surface area contributed by atoms with Crippen LogP contribution in [0.15, 0.2) is 42.5 Å². The Bertz CT molecular complexity index is 847. The van der Waals surface area contributed by atoms with E-state index in [4.69, 9.17) is 19.9 Å². The van der Waals surface area contributed by atoms with Gasteiger partial charge in [0.25, 0.3) is 0 Å². The number of para-hydroxylation sites is 2. The number of anilines is 1. The van der Waals surface area contributed by atoms with E-state index in [1.54, 1.807) is 25.3 Å². The van der Waals surface area contributed by atoms with Gasteiger partial charge < -0.3 is 19.9 Å². The Balaban J connectivity index is 1.36. The highest BCUT2D eigenvalue weighted by Crippen LogP contribution is 2.27. The van der Waals surface area contributed by atoms with Crippen molar-refractivity contribution in [2.75, 3.05) is 45.7 Å². The number of piperidine rings is 1. The molecule has 0 atom stereocenters. The maximum Gasteiger partial charge on any atom is 0.162 e. The van der Waals surface area contributed by atoms with E-state index in [0.717, 1.165) is 50.4 Å². The fourth-order valence-corrected chi connectivity index (χ4v) is 4.01. The summed E-state index contributed by atoms with van der Waals surface area (Å²) >= 11 is 0. The van der Waals surface area contributed by atoms with Gasteiger partial charge >= 0.3 is 0 Å². The van der Waals surface area contributed by atoms with Crippen LogP contribution in [0.3, 0.4) is 0 Å². The third kappa shape index (κ3) is 6.62. The van der Waals surface area contributed by atoms with Gasteiger partial charge in [-0.3, -0.25) is 9.69 Å². The molecule has 1 aliphatic rings. The minimum atomic E-state index is 0.151. The summed E-state index contributed by atoms with van der Waals surface area (Å²) < 4.78 is 16.7. The molecule has 1 aliphatic heterocycles. The zero-order valence-electron chi connectivity index (χ0n) is 18.6. The van der Waals surface area contributed by atoms with Crippen LogP contribution in [-0.2, 0) is 0 Å². The second-order valence-corrected chi connectivity index (χ2v) is 7.93. The molecule has 31 heavy (non-hydrogen) atoms. The molecule has 1 heterocycles. The molecule has 0 amide bonds. The molecule has 0 bridgehead atoms. The Morgan fingerprint density at radius 2 is 1.77 bits per heavy atom. The lowest BCUT2D eigenvalue weighted by Crippen LogP contribution is -2.36. The maximum absolute atomic E-state index is 12.5. The van der Waals surface area contributed by atoms with E-state index >= 15 is 0 Å². The molecule has 6 nitrogen and oxygen atoms in total. The van der Waals surface area contributed by atoms with Crippen LogP contribution in [0.4, 0.5) is 5.69 Å². The molecule has 0 saturated carbocycles. The van der Waals surface area contributed by atoms with Gasteiger partial charge in [0.05, 0.1) is 19.4 Å². The standard InChI is InChI=1S/C25H34N2O4/c1-3-30-24-6-4-5-7-25(24)31-17-16-27-14-12-19(13-15-27)8-10-22(28)20-9-11-23(29-2)21(26)18-20/h4-7,9,11,18-19H,3,8,10,12-17,26H2,1-2H3. The van der Waals surface area contributed by atoms with E-state index in [0.29, 0.717) is 42.6 Å². The summed E-state index contributed by atoms with van der Waals surface area (Å²) in [5, 5.41) is 0. The molecule has 6 heteroatoms. The molecule has 1 saturated heterocycles. The second-order valence-electron chi connectivity index (χ2n) is 7.93. The number of Topliss-reactive ketones (excluding diaryl/α,β-unsaturated/α-hetero) is 1. The minimum Gasteiger partial charge on any atom is -0.495 e. The molecule has 2 N–H and O–H groups in total. The summed E-state index contributed by atoms with van der Waals surface area (Å²) in [5.74, 6) is 2.95. The Kier molecular flexibility index (Phi) is 8.59. The Morgan fingerprint density at radius 3 is 2.42 bits per heavy atom. The number of nitrogens with two attached hydrogens (primary N) is 1. The highest BCUT2D eigenvalue weighted by Gasteiger charge is 2.20. The molecule has 0 radical (unpaired) electrons. The summed E-state index contributed by atoms with van der Waals surface area (Å²) in [6.45, 7) is 6.24. The Morgan fingerprint density at radius 1 is 1.06 bits per heavy atom. The van der Waals surface area contributed by atoms with Gasteiger partial charge in [0.1, 0.15) is 12.4 Å². The van der Waals surface area contributed by atoms with Gasteiger partial charge in [-0.1, -0.05) is 12.1 Å². The molecule has 0 aromatic heterocycles. The van der Waals surface area contributed by atoms with E-state index in [1.807, 2.05) is 31.2 Å². The molecule has 0 unspecified atom stereocenters. The van der Waals surface area contributed by atoms with Crippen LogP contribution in [0.25, 0.3) is 0 Å². The molecular formula is C25H34N2O4. The summed E-state index contributed by atoms with van der Waals surface area (Å²) in [6.07, 6.45) is 3.73. The molecule has 1 fully saturated rings. The van der Waals surface area contributed by atoms with Crippen molar-refractivity contribution in [2.45, 2.75) is 32.6 Å². The summed E-state index contributed by atoms with van der Waals surface area (Å²) in [5.41, 5.74) is 7.10. The van der Waals surface area contributed by atoms with Gasteiger partial charge in [0, 0.05) is 18.5 Å². The van der Waals surface area contributed by atoms with Crippen LogP contribution in [0.1, 0.15) is 43.0 Å². The van der Waals surface area contributed by atoms with E-state index in [2.05, 4.69) is 4.90 Å². The molecule has 2 aromatic rings. The number of hydrogen-bond acceptors (Lipinski definition) is 6. The smallest absolute Gasteiger partial charge is 0.162 e. The van der Waals surface area contributed by atoms with Crippen LogP contribution in [0, 0.1) is 5.92 Å². The number of benzene rings is 2. The first-order chi connectivity index (χ1) is 15.1. The second kappa shape index (κ2) is 11.6. The quantitative estimate of drug-likeness (QED) is 0.423. The summed E-state index contributed by atoms with van der Waals surface area (Å²) in [4.78, 5) is 15.0. The largest absolute Gasteiger partial charge is 0.495 e. The third-order valence-electron chi connectivity index (χ3n) is 5.85. The summed E-state index contributed by atoms with van der Waals surface area (Å²) in [7, 11) is 1.57. The molecule has 2 aromatic carbocycles. The monoisotopic (exact) mass is 426 g/mol. The first-order valence-electron chi connectivity index (χ1n) is 11.1. The SMILES string of the molecule is CCOc1ccccc1OCCN1CCC(CCC(=O)c2ccc(OC)c(N)c2)CC1. The topological polar surface area (TPSA) is 74.0 Å².